The summed E-state index contributed by atoms with van der Waals surface area (Å²) in [5.41, 5.74) is 1.88. The predicted octanol–water partition coefficient (Wildman–Crippen LogP) is 2.34. The standard InChI is InChI=1S/C20H24N6O2S/c1-14(27)23-20-22-11-17(29-20)12-25-6-8-26(9-7-25)13-19(28)24-16-2-3-18-15(10-16)4-5-21-18/h2-5,10-11,21H,6-9,12-13H2,1H3,(H,24,28)(H,22,23,27). The molecule has 0 spiro atoms. The lowest BCUT2D eigenvalue weighted by molar-refractivity contribution is -0.117. The van der Waals surface area contributed by atoms with E-state index >= 15 is 0 Å². The SMILES string of the molecule is CC(=O)Nc1ncc(CN2CCN(CC(=O)Nc3ccc4[nH]ccc4c3)CC2)s1. The fourth-order valence-corrected chi connectivity index (χ4v) is 4.35. The number of rotatable bonds is 6. The molecule has 1 aliphatic heterocycles. The van der Waals surface area contributed by atoms with Crippen molar-refractivity contribution in [1.82, 2.24) is 19.8 Å². The van der Waals surface area contributed by atoms with Crippen LogP contribution in [0.5, 0.6) is 0 Å². The number of thiazole rings is 1. The van der Waals surface area contributed by atoms with Crippen molar-refractivity contribution in [3.63, 3.8) is 0 Å². The number of nitrogens with zero attached hydrogens (tertiary/aromatic N) is 3. The Kier molecular flexibility index (Phi) is 5.89. The van der Waals surface area contributed by atoms with Crippen LogP contribution in [0.3, 0.4) is 0 Å². The molecule has 4 rings (SSSR count). The summed E-state index contributed by atoms with van der Waals surface area (Å²) in [6.07, 6.45) is 3.71. The number of H-pyrrole nitrogens is 1. The van der Waals surface area contributed by atoms with Crippen LogP contribution < -0.4 is 10.6 Å². The minimum absolute atomic E-state index is 0.00995. The summed E-state index contributed by atoms with van der Waals surface area (Å²) in [4.78, 5) is 36.5. The van der Waals surface area contributed by atoms with Crippen molar-refractivity contribution >= 4 is 44.9 Å². The number of benzene rings is 1. The van der Waals surface area contributed by atoms with E-state index in [1.54, 1.807) is 0 Å². The molecule has 0 aliphatic carbocycles. The quantitative estimate of drug-likeness (QED) is 0.578. The fourth-order valence-electron chi connectivity index (χ4n) is 3.45. The summed E-state index contributed by atoms with van der Waals surface area (Å²) in [7, 11) is 0. The van der Waals surface area contributed by atoms with E-state index in [2.05, 4.69) is 30.4 Å². The molecule has 1 aliphatic rings. The van der Waals surface area contributed by atoms with Crippen LogP contribution in [0.2, 0.25) is 0 Å². The maximum atomic E-state index is 12.4. The van der Waals surface area contributed by atoms with Gasteiger partial charge in [-0.15, -0.1) is 11.3 Å². The van der Waals surface area contributed by atoms with Gasteiger partial charge in [0.15, 0.2) is 5.13 Å². The highest BCUT2D eigenvalue weighted by molar-refractivity contribution is 7.15. The highest BCUT2D eigenvalue weighted by atomic mass is 32.1. The van der Waals surface area contributed by atoms with Gasteiger partial charge in [0.05, 0.1) is 6.54 Å². The van der Waals surface area contributed by atoms with Crippen molar-refractivity contribution in [1.29, 1.82) is 0 Å². The third-order valence-corrected chi connectivity index (χ3v) is 5.78. The van der Waals surface area contributed by atoms with Crippen LogP contribution in [0, 0.1) is 0 Å². The van der Waals surface area contributed by atoms with Gasteiger partial charge in [-0.1, -0.05) is 0 Å². The minimum atomic E-state index is -0.106. The van der Waals surface area contributed by atoms with Gasteiger partial charge in [0.1, 0.15) is 0 Å². The molecule has 1 aromatic carbocycles. The molecular formula is C20H24N6O2S. The van der Waals surface area contributed by atoms with E-state index in [1.807, 2.05) is 36.7 Å². The lowest BCUT2D eigenvalue weighted by Crippen LogP contribution is -2.48. The van der Waals surface area contributed by atoms with Crippen LogP contribution >= 0.6 is 11.3 Å². The first kappa shape index (κ1) is 19.6. The second-order valence-corrected chi connectivity index (χ2v) is 8.31. The smallest absolute Gasteiger partial charge is 0.238 e. The van der Waals surface area contributed by atoms with E-state index in [-0.39, 0.29) is 11.8 Å². The molecule has 29 heavy (non-hydrogen) atoms. The Hall–Kier alpha value is -2.75. The Morgan fingerprint density at radius 1 is 1.14 bits per heavy atom. The number of fused-ring (bicyclic) bond motifs is 1. The lowest BCUT2D eigenvalue weighted by atomic mass is 10.2. The van der Waals surface area contributed by atoms with Crippen molar-refractivity contribution in [2.75, 3.05) is 43.4 Å². The van der Waals surface area contributed by atoms with Crippen LogP contribution in [-0.4, -0.2) is 64.3 Å². The molecule has 0 unspecified atom stereocenters. The first-order valence-corrected chi connectivity index (χ1v) is 10.4. The zero-order valence-corrected chi connectivity index (χ0v) is 17.1. The van der Waals surface area contributed by atoms with E-state index in [4.69, 9.17) is 0 Å². The number of carbonyl (C=O) groups excluding carboxylic acids is 2. The zero-order valence-electron chi connectivity index (χ0n) is 16.3. The van der Waals surface area contributed by atoms with Gasteiger partial charge in [0, 0.05) is 73.5 Å². The van der Waals surface area contributed by atoms with Gasteiger partial charge in [0.25, 0.3) is 0 Å². The Balaban J connectivity index is 1.22. The van der Waals surface area contributed by atoms with E-state index in [1.165, 1.54) is 18.3 Å². The summed E-state index contributed by atoms with van der Waals surface area (Å²) >= 11 is 1.50. The van der Waals surface area contributed by atoms with Gasteiger partial charge in [-0.05, 0) is 24.3 Å². The number of piperazine rings is 1. The molecule has 0 bridgehead atoms. The monoisotopic (exact) mass is 412 g/mol. The third kappa shape index (κ3) is 5.20. The fraction of sp³-hybridized carbons (Fsp3) is 0.350. The number of amides is 2. The molecule has 0 saturated carbocycles. The summed E-state index contributed by atoms with van der Waals surface area (Å²) in [5, 5.41) is 7.43. The maximum Gasteiger partial charge on any atom is 0.238 e. The molecule has 2 aromatic heterocycles. The van der Waals surface area contributed by atoms with Crippen LogP contribution in [0.1, 0.15) is 11.8 Å². The van der Waals surface area contributed by atoms with Gasteiger partial charge < -0.3 is 15.6 Å². The Bertz CT molecular complexity index is 1010. The first-order chi connectivity index (χ1) is 14.0. The summed E-state index contributed by atoms with van der Waals surface area (Å²) in [6, 6.07) is 7.86. The van der Waals surface area contributed by atoms with Gasteiger partial charge in [-0.25, -0.2) is 4.98 Å². The molecule has 2 amide bonds. The molecule has 0 radical (unpaired) electrons. The number of hydrogen-bond acceptors (Lipinski definition) is 6. The number of aromatic amines is 1. The van der Waals surface area contributed by atoms with Crippen molar-refractivity contribution in [3.8, 4) is 0 Å². The van der Waals surface area contributed by atoms with E-state index in [0.29, 0.717) is 11.7 Å². The van der Waals surface area contributed by atoms with E-state index < -0.39 is 0 Å². The van der Waals surface area contributed by atoms with Crippen LogP contribution in [0.25, 0.3) is 10.9 Å². The molecule has 1 fully saturated rings. The second-order valence-electron chi connectivity index (χ2n) is 7.19. The average Bonchev–Trinajstić information content (AvgIpc) is 3.31. The Morgan fingerprint density at radius 2 is 1.93 bits per heavy atom. The van der Waals surface area contributed by atoms with Crippen molar-refractivity contribution in [3.05, 3.63) is 41.5 Å². The van der Waals surface area contributed by atoms with Crippen molar-refractivity contribution < 1.29 is 9.59 Å². The highest BCUT2D eigenvalue weighted by Crippen LogP contribution is 2.20. The molecule has 8 nitrogen and oxygen atoms in total. The van der Waals surface area contributed by atoms with Crippen molar-refractivity contribution in [2.45, 2.75) is 13.5 Å². The summed E-state index contributed by atoms with van der Waals surface area (Å²) in [6.45, 7) is 6.18. The van der Waals surface area contributed by atoms with E-state index in [0.717, 1.165) is 54.2 Å². The Morgan fingerprint density at radius 3 is 2.72 bits per heavy atom. The summed E-state index contributed by atoms with van der Waals surface area (Å²) in [5.74, 6) is -0.0958. The van der Waals surface area contributed by atoms with Crippen molar-refractivity contribution in [2.24, 2.45) is 0 Å². The van der Waals surface area contributed by atoms with E-state index in [9.17, 15) is 9.59 Å². The molecule has 3 N–H and O–H groups in total. The minimum Gasteiger partial charge on any atom is -0.361 e. The van der Waals surface area contributed by atoms with Crippen LogP contribution in [0.4, 0.5) is 10.8 Å². The zero-order chi connectivity index (χ0) is 20.2. The van der Waals surface area contributed by atoms with Crippen LogP contribution in [0.15, 0.2) is 36.7 Å². The largest absolute Gasteiger partial charge is 0.361 e. The average molecular weight is 413 g/mol. The molecule has 3 heterocycles. The van der Waals surface area contributed by atoms with Crippen LogP contribution in [-0.2, 0) is 16.1 Å². The van der Waals surface area contributed by atoms with Gasteiger partial charge in [0.2, 0.25) is 11.8 Å². The van der Waals surface area contributed by atoms with Gasteiger partial charge in [-0.3, -0.25) is 19.4 Å². The predicted molar refractivity (Wildman–Crippen MR) is 115 cm³/mol. The molecule has 0 atom stereocenters. The first-order valence-electron chi connectivity index (χ1n) is 9.59. The maximum absolute atomic E-state index is 12.4. The number of hydrogen-bond donors (Lipinski definition) is 3. The molecule has 9 heteroatoms. The topological polar surface area (TPSA) is 93.4 Å². The third-order valence-electron chi connectivity index (χ3n) is 4.89. The molecule has 1 saturated heterocycles. The molecule has 152 valence electrons. The highest BCUT2D eigenvalue weighted by Gasteiger charge is 2.20. The second kappa shape index (κ2) is 8.73. The Labute approximate surface area is 172 Å². The number of anilines is 2. The molecular weight excluding hydrogens is 388 g/mol. The number of nitrogens with one attached hydrogen (secondary N) is 3. The molecule has 3 aromatic rings. The summed E-state index contributed by atoms with van der Waals surface area (Å²) < 4.78 is 0. The normalized spacial score (nSPS) is 15.5. The van der Waals surface area contributed by atoms with Gasteiger partial charge >= 0.3 is 0 Å². The lowest BCUT2D eigenvalue weighted by Gasteiger charge is -2.33. The number of carbonyl (C=O) groups is 2. The number of aromatic nitrogens is 2. The van der Waals surface area contributed by atoms with Gasteiger partial charge in [-0.2, -0.15) is 0 Å².